The predicted octanol–water partition coefficient (Wildman–Crippen LogP) is 2.71. The molecule has 3 rings (SSSR count). The molecule has 11 atom stereocenters. The molecule has 2 saturated heterocycles. The second kappa shape index (κ2) is 25.9. The van der Waals surface area contributed by atoms with Gasteiger partial charge in [0.1, 0.15) is 36.0 Å². The fourth-order valence-electron chi connectivity index (χ4n) is 8.55. The topological polar surface area (TPSA) is 239 Å². The van der Waals surface area contributed by atoms with Crippen molar-refractivity contribution < 1.29 is 57.7 Å². The van der Waals surface area contributed by atoms with E-state index in [9.17, 15) is 43.5 Å². The number of cyclic esters (lactones) is 2. The molecule has 67 heavy (non-hydrogen) atoms. The SMILES string of the molecule is CC[C@@H](C)[C@@H]1NC(=O)C(NC(=O)C(CC(C)C)NC)C(C)OC(=O)C(Cc2ccc(OC)cc2)N(C)C(=O)C2CCCN2C(=O)C(CC(C)C)NC(=O)C(C)C(=O)C(C(C)C)OC(=O)C[C@H]1O. The summed E-state index contributed by atoms with van der Waals surface area (Å²) in [5.74, 6) is -7.71. The van der Waals surface area contributed by atoms with Crippen LogP contribution in [0.15, 0.2) is 24.3 Å². The van der Waals surface area contributed by atoms with Crippen LogP contribution in [0.3, 0.4) is 0 Å². The molecule has 1 aromatic rings. The fraction of sp³-hybridized carbons (Fsp3) is 0.714. The van der Waals surface area contributed by atoms with Gasteiger partial charge in [0.15, 0.2) is 11.9 Å². The third-order valence-electron chi connectivity index (χ3n) is 12.9. The van der Waals surface area contributed by atoms with E-state index in [2.05, 4.69) is 21.3 Å². The number of nitrogens with zero attached hydrogens (tertiary/aromatic N) is 2. The first kappa shape index (κ1) is 56.2. The van der Waals surface area contributed by atoms with Crippen molar-refractivity contribution in [3.05, 3.63) is 29.8 Å². The van der Waals surface area contributed by atoms with E-state index < -0.39 is 126 Å². The van der Waals surface area contributed by atoms with Crippen molar-refractivity contribution in [2.24, 2.45) is 29.6 Å². The van der Waals surface area contributed by atoms with Gasteiger partial charge in [-0.3, -0.25) is 33.6 Å². The second-order valence-corrected chi connectivity index (χ2v) is 19.5. The standard InChI is InChI=1S/C49H78N6O12/c1-14-29(8)40-38(56)25-39(57)67-43(28(6)7)42(58)30(9)44(59)51-35(23-27(4)5)47(62)55-21-15-16-36(55)48(63)54(12)37(24-32-17-19-33(65-13)20-18-32)49(64)66-31(10)41(46(61)52-40)53-45(60)34(50-11)22-26(2)3/h17-20,26-31,34-38,40-41,43,50,56H,14-16,21-25H2,1-13H3,(H,51,59)(H,52,61)(H,53,60)/t29-,30?,31?,34?,35?,36?,37?,38-,40+,41?,43?/m1/s1. The third-order valence-corrected chi connectivity index (χ3v) is 12.9. The maximum absolute atomic E-state index is 14.7. The number of esters is 2. The lowest BCUT2D eigenvalue weighted by Crippen LogP contribution is -2.61. The highest BCUT2D eigenvalue weighted by molar-refractivity contribution is 6.05. The van der Waals surface area contributed by atoms with Gasteiger partial charge in [0, 0.05) is 20.0 Å². The Bertz CT molecular complexity index is 1870. The minimum atomic E-state index is -1.55. The lowest BCUT2D eigenvalue weighted by molar-refractivity contribution is -0.163. The van der Waals surface area contributed by atoms with Crippen LogP contribution in [-0.4, -0.2) is 144 Å². The average molecular weight is 943 g/mol. The molecular formula is C49H78N6O12. The number of ether oxygens (including phenoxy) is 3. The Hall–Kier alpha value is -5.10. The normalized spacial score (nSPS) is 27.8. The van der Waals surface area contributed by atoms with Gasteiger partial charge in [0.25, 0.3) is 0 Å². The fourth-order valence-corrected chi connectivity index (χ4v) is 8.55. The summed E-state index contributed by atoms with van der Waals surface area (Å²) < 4.78 is 17.1. The number of nitrogens with one attached hydrogen (secondary N) is 4. The molecule has 2 heterocycles. The average Bonchev–Trinajstić information content (AvgIpc) is 3.77. The number of carbonyl (C=O) groups excluding carboxylic acids is 8. The number of benzene rings is 1. The van der Waals surface area contributed by atoms with Crippen molar-refractivity contribution in [2.45, 2.75) is 169 Å². The van der Waals surface area contributed by atoms with E-state index in [-0.39, 0.29) is 37.6 Å². The van der Waals surface area contributed by atoms with Gasteiger partial charge >= 0.3 is 11.9 Å². The van der Waals surface area contributed by atoms with Crippen LogP contribution in [0.25, 0.3) is 0 Å². The second-order valence-electron chi connectivity index (χ2n) is 19.5. The Labute approximate surface area is 396 Å². The van der Waals surface area contributed by atoms with Crippen LogP contribution in [0.2, 0.25) is 0 Å². The number of rotatable bonds is 13. The van der Waals surface area contributed by atoms with Crippen LogP contribution in [0, 0.1) is 29.6 Å². The van der Waals surface area contributed by atoms with Crippen molar-refractivity contribution in [3.8, 4) is 5.75 Å². The zero-order chi connectivity index (χ0) is 50.4. The summed E-state index contributed by atoms with van der Waals surface area (Å²) in [6, 6.07) is 0.0322. The molecule has 1 aromatic carbocycles. The summed E-state index contributed by atoms with van der Waals surface area (Å²) >= 11 is 0. The molecule has 2 aliphatic rings. The lowest BCUT2D eigenvalue weighted by atomic mass is 9.91. The molecule has 0 radical (unpaired) electrons. The first-order valence-corrected chi connectivity index (χ1v) is 23.9. The van der Waals surface area contributed by atoms with E-state index in [0.29, 0.717) is 30.6 Å². The molecule has 0 aromatic heterocycles. The molecule has 0 spiro atoms. The molecule has 8 unspecified atom stereocenters. The number of hydrogen-bond acceptors (Lipinski definition) is 13. The molecule has 18 nitrogen and oxygen atoms in total. The summed E-state index contributed by atoms with van der Waals surface area (Å²) in [4.78, 5) is 116. The van der Waals surface area contributed by atoms with Crippen molar-refractivity contribution >= 4 is 47.3 Å². The molecule has 0 bridgehead atoms. The zero-order valence-electron chi connectivity index (χ0n) is 41.9. The minimum absolute atomic E-state index is 0.0500. The number of ketones is 1. The molecule has 5 amide bonds. The summed E-state index contributed by atoms with van der Waals surface area (Å²) in [6.07, 6.45) is -3.30. The van der Waals surface area contributed by atoms with Crippen LogP contribution in [0.5, 0.6) is 5.75 Å². The van der Waals surface area contributed by atoms with Gasteiger partial charge in [-0.2, -0.15) is 0 Å². The van der Waals surface area contributed by atoms with Gasteiger partial charge in [0.05, 0.1) is 37.6 Å². The number of Topliss-reactive ketones (excluding diaryl/α,β-unsaturated/α-hetero) is 1. The first-order valence-electron chi connectivity index (χ1n) is 23.9. The highest BCUT2D eigenvalue weighted by Gasteiger charge is 2.44. The number of amides is 5. The maximum atomic E-state index is 14.7. The predicted molar refractivity (Wildman–Crippen MR) is 250 cm³/mol. The van der Waals surface area contributed by atoms with Crippen LogP contribution in [0.4, 0.5) is 0 Å². The number of fused-ring (bicyclic) bond motifs is 1. The third kappa shape index (κ3) is 15.5. The molecule has 0 aliphatic carbocycles. The number of methoxy groups -OCH3 is 1. The van der Waals surface area contributed by atoms with E-state index in [4.69, 9.17) is 14.2 Å². The van der Waals surface area contributed by atoms with E-state index in [1.54, 1.807) is 52.1 Å². The van der Waals surface area contributed by atoms with Crippen molar-refractivity contribution in [1.82, 2.24) is 31.1 Å². The van der Waals surface area contributed by atoms with Crippen LogP contribution in [0.1, 0.15) is 113 Å². The largest absolute Gasteiger partial charge is 0.497 e. The lowest BCUT2D eigenvalue weighted by Gasteiger charge is -2.35. The summed E-state index contributed by atoms with van der Waals surface area (Å²) in [5, 5.41) is 22.9. The zero-order valence-corrected chi connectivity index (χ0v) is 41.9. The van der Waals surface area contributed by atoms with E-state index in [1.807, 2.05) is 34.6 Å². The Morgan fingerprint density at radius 3 is 2.10 bits per heavy atom. The van der Waals surface area contributed by atoms with E-state index >= 15 is 0 Å². The molecule has 2 aliphatic heterocycles. The van der Waals surface area contributed by atoms with Crippen molar-refractivity contribution in [3.63, 3.8) is 0 Å². The van der Waals surface area contributed by atoms with E-state index in [0.717, 1.165) is 0 Å². The summed E-state index contributed by atoms with van der Waals surface area (Å²) in [7, 11) is 4.56. The van der Waals surface area contributed by atoms with Gasteiger partial charge in [-0.15, -0.1) is 0 Å². The van der Waals surface area contributed by atoms with E-state index in [1.165, 1.54) is 37.8 Å². The minimum Gasteiger partial charge on any atom is -0.497 e. The highest BCUT2D eigenvalue weighted by atomic mass is 16.6. The Kier molecular flexibility index (Phi) is 21.7. The van der Waals surface area contributed by atoms with Gasteiger partial charge in [-0.1, -0.05) is 73.9 Å². The van der Waals surface area contributed by atoms with Gasteiger partial charge in [0.2, 0.25) is 29.5 Å². The maximum Gasteiger partial charge on any atom is 0.329 e. The van der Waals surface area contributed by atoms with Gasteiger partial charge < -0.3 is 50.4 Å². The summed E-state index contributed by atoms with van der Waals surface area (Å²) in [6.45, 7) is 17.4. The molecule has 0 saturated carbocycles. The molecule has 376 valence electrons. The number of likely N-dealkylation sites (N-methyl/N-ethyl adjacent to an activating group) is 2. The quantitative estimate of drug-likeness (QED) is 0.142. The Morgan fingerprint density at radius 2 is 1.55 bits per heavy atom. The highest BCUT2D eigenvalue weighted by Crippen LogP contribution is 2.26. The van der Waals surface area contributed by atoms with Crippen molar-refractivity contribution in [1.29, 1.82) is 0 Å². The first-order chi connectivity index (χ1) is 31.4. The number of aliphatic hydroxyl groups is 1. The van der Waals surface area contributed by atoms with Crippen LogP contribution in [-0.2, 0) is 54.3 Å². The molecular weight excluding hydrogens is 865 g/mol. The van der Waals surface area contributed by atoms with Gasteiger partial charge in [-0.05, 0) is 87.9 Å². The number of carbonyl (C=O) groups is 8. The number of aliphatic hydroxyl groups excluding tert-OH is 1. The number of hydrogen-bond donors (Lipinski definition) is 5. The summed E-state index contributed by atoms with van der Waals surface area (Å²) in [5.41, 5.74) is 0.631. The Morgan fingerprint density at radius 1 is 0.910 bits per heavy atom. The monoisotopic (exact) mass is 943 g/mol. The van der Waals surface area contributed by atoms with Gasteiger partial charge in [-0.25, -0.2) is 4.79 Å². The smallest absolute Gasteiger partial charge is 0.329 e. The Balaban J connectivity index is 2.23. The molecule has 5 N–H and O–H groups in total. The molecule has 2 fully saturated rings. The molecule has 18 heteroatoms. The van der Waals surface area contributed by atoms with Crippen LogP contribution >= 0.6 is 0 Å². The van der Waals surface area contributed by atoms with Crippen molar-refractivity contribution in [2.75, 3.05) is 27.7 Å². The van der Waals surface area contributed by atoms with Crippen LogP contribution < -0.4 is 26.0 Å².